The summed E-state index contributed by atoms with van der Waals surface area (Å²) in [5.74, 6) is 1.36. The number of hydrogen-bond acceptors (Lipinski definition) is 5. The predicted molar refractivity (Wildman–Crippen MR) is 92.1 cm³/mol. The zero-order chi connectivity index (χ0) is 15.6. The number of nitrogens with zero attached hydrogens (tertiary/aromatic N) is 1. The van der Waals surface area contributed by atoms with Gasteiger partial charge < -0.3 is 14.5 Å². The third-order valence-electron chi connectivity index (χ3n) is 3.55. The van der Waals surface area contributed by atoms with Crippen molar-refractivity contribution in [1.29, 1.82) is 0 Å². The molecule has 0 fully saturated rings. The van der Waals surface area contributed by atoms with E-state index in [0.29, 0.717) is 10.9 Å². The molecule has 4 rings (SSSR count). The Morgan fingerprint density at radius 1 is 1.22 bits per heavy atom. The number of furan rings is 1. The smallest absolute Gasteiger partial charge is 0.263 e. The van der Waals surface area contributed by atoms with E-state index in [0.717, 1.165) is 34.2 Å². The third-order valence-corrected chi connectivity index (χ3v) is 4.44. The fourth-order valence-electron chi connectivity index (χ4n) is 2.51. The number of thioether (sulfide) groups is 1. The van der Waals surface area contributed by atoms with Crippen molar-refractivity contribution in [2.75, 3.05) is 18.9 Å². The number of carbonyl (C=O) groups excluding carboxylic acids is 1. The molecule has 0 radical (unpaired) electrons. The molecule has 1 amide bonds. The normalized spacial score (nSPS) is 14.2. The van der Waals surface area contributed by atoms with E-state index < -0.39 is 0 Å². The first kappa shape index (κ1) is 14.1. The lowest BCUT2D eigenvalue weighted by atomic mass is 10.1. The number of fused-ring (bicyclic) bond motifs is 3. The monoisotopic (exact) mass is 326 g/mol. The summed E-state index contributed by atoms with van der Waals surface area (Å²) in [7, 11) is 0. The second kappa shape index (κ2) is 5.96. The van der Waals surface area contributed by atoms with Gasteiger partial charge in [0.25, 0.3) is 5.91 Å². The highest BCUT2D eigenvalue weighted by atomic mass is 32.2. The molecule has 0 aliphatic carbocycles. The Kier molecular flexibility index (Phi) is 3.67. The van der Waals surface area contributed by atoms with Gasteiger partial charge in [0.15, 0.2) is 11.8 Å². The first-order chi connectivity index (χ1) is 11.3. The molecule has 0 unspecified atom stereocenters. The van der Waals surface area contributed by atoms with Gasteiger partial charge in [0.2, 0.25) is 0 Å². The van der Waals surface area contributed by atoms with Crippen molar-refractivity contribution < 1.29 is 13.9 Å². The lowest BCUT2D eigenvalue weighted by Crippen LogP contribution is -2.31. The van der Waals surface area contributed by atoms with Gasteiger partial charge >= 0.3 is 0 Å². The molecule has 116 valence electrons. The number of hydrogen-bond donors (Lipinski definition) is 1. The summed E-state index contributed by atoms with van der Waals surface area (Å²) in [4.78, 5) is 16.0. The number of rotatable bonds is 3. The van der Waals surface area contributed by atoms with E-state index in [2.05, 4.69) is 10.3 Å². The van der Waals surface area contributed by atoms with Crippen LogP contribution >= 0.6 is 11.8 Å². The first-order valence-corrected chi connectivity index (χ1v) is 8.29. The van der Waals surface area contributed by atoms with Crippen LogP contribution in [0.4, 0.5) is 0 Å². The van der Waals surface area contributed by atoms with Crippen molar-refractivity contribution in [2.24, 2.45) is 4.99 Å². The molecule has 3 aromatic rings. The van der Waals surface area contributed by atoms with Gasteiger partial charge in [-0.2, -0.15) is 0 Å². The molecular formula is C17H14N2O3S. The van der Waals surface area contributed by atoms with Crippen LogP contribution in [-0.4, -0.2) is 30.0 Å². The maximum absolute atomic E-state index is 11.8. The highest BCUT2D eigenvalue weighted by Crippen LogP contribution is 2.31. The maximum atomic E-state index is 11.8. The Bertz CT molecular complexity index is 916. The molecule has 1 aromatic heterocycles. The summed E-state index contributed by atoms with van der Waals surface area (Å²) >= 11 is 1.55. The molecule has 2 aromatic carbocycles. The third kappa shape index (κ3) is 2.90. The van der Waals surface area contributed by atoms with Crippen molar-refractivity contribution in [3.8, 4) is 5.75 Å². The molecular weight excluding hydrogens is 312 g/mol. The molecule has 23 heavy (non-hydrogen) atoms. The number of para-hydroxylation sites is 1. The molecule has 1 aliphatic rings. The molecule has 0 spiro atoms. The summed E-state index contributed by atoms with van der Waals surface area (Å²) < 4.78 is 11.4. The van der Waals surface area contributed by atoms with Gasteiger partial charge in [0, 0.05) is 16.5 Å². The average Bonchev–Trinajstić information content (AvgIpc) is 3.20. The Morgan fingerprint density at radius 3 is 2.96 bits per heavy atom. The van der Waals surface area contributed by atoms with Crippen molar-refractivity contribution >= 4 is 44.8 Å². The first-order valence-electron chi connectivity index (χ1n) is 7.31. The minimum absolute atomic E-state index is 0.0408. The Balaban J connectivity index is 1.50. The van der Waals surface area contributed by atoms with Crippen molar-refractivity contribution in [2.45, 2.75) is 0 Å². The molecule has 1 N–H and O–H groups in total. The number of nitrogens with one attached hydrogen (secondary N) is 1. The van der Waals surface area contributed by atoms with Gasteiger partial charge in [-0.15, -0.1) is 0 Å². The number of benzene rings is 2. The quantitative estimate of drug-likeness (QED) is 0.803. The van der Waals surface area contributed by atoms with Gasteiger partial charge in [-0.25, -0.2) is 0 Å². The van der Waals surface area contributed by atoms with E-state index in [-0.39, 0.29) is 12.5 Å². The van der Waals surface area contributed by atoms with Crippen LogP contribution in [0, 0.1) is 0 Å². The summed E-state index contributed by atoms with van der Waals surface area (Å²) in [6.45, 7) is 0.715. The standard InChI is InChI=1S/C17H14N2O3S/c20-16(19-17-18-7-8-23-17)10-21-11-5-6-15-13(9-11)12-3-1-2-4-14(12)22-15/h1-6,9H,7-8,10H2,(H,18,19,20). The summed E-state index contributed by atoms with van der Waals surface area (Å²) in [6, 6.07) is 13.4. The van der Waals surface area contributed by atoms with Crippen LogP contribution < -0.4 is 10.1 Å². The molecule has 0 saturated heterocycles. The van der Waals surface area contributed by atoms with E-state index in [1.54, 1.807) is 17.8 Å². The zero-order valence-electron chi connectivity index (χ0n) is 12.2. The SMILES string of the molecule is O=C(COc1ccc2oc3ccccc3c2c1)NC1=NCCS1. The van der Waals surface area contributed by atoms with Crippen molar-refractivity contribution in [3.63, 3.8) is 0 Å². The number of ether oxygens (including phenoxy) is 1. The average molecular weight is 326 g/mol. The number of aliphatic imine (C=N–C) groups is 1. The summed E-state index contributed by atoms with van der Waals surface area (Å²) in [5.41, 5.74) is 1.65. The molecule has 5 nitrogen and oxygen atoms in total. The highest BCUT2D eigenvalue weighted by Gasteiger charge is 2.12. The van der Waals surface area contributed by atoms with Crippen molar-refractivity contribution in [3.05, 3.63) is 42.5 Å². The fourth-order valence-corrected chi connectivity index (χ4v) is 3.25. The Hall–Kier alpha value is -2.47. The van der Waals surface area contributed by atoms with E-state index in [1.165, 1.54) is 0 Å². The number of carbonyl (C=O) groups is 1. The van der Waals surface area contributed by atoms with E-state index in [4.69, 9.17) is 9.15 Å². The molecule has 2 heterocycles. The van der Waals surface area contributed by atoms with Crippen LogP contribution in [0.5, 0.6) is 5.75 Å². The lowest BCUT2D eigenvalue weighted by Gasteiger charge is -2.06. The van der Waals surface area contributed by atoms with Crippen LogP contribution in [-0.2, 0) is 4.79 Å². The van der Waals surface area contributed by atoms with Gasteiger partial charge in [0.1, 0.15) is 16.9 Å². The van der Waals surface area contributed by atoms with Crippen LogP contribution in [0.25, 0.3) is 21.9 Å². The minimum atomic E-state index is -0.199. The molecule has 0 bridgehead atoms. The largest absolute Gasteiger partial charge is 0.484 e. The Labute approximate surface area is 136 Å². The topological polar surface area (TPSA) is 63.8 Å². The molecule has 1 aliphatic heterocycles. The van der Waals surface area contributed by atoms with E-state index >= 15 is 0 Å². The van der Waals surface area contributed by atoms with Crippen LogP contribution in [0.1, 0.15) is 0 Å². The van der Waals surface area contributed by atoms with Crippen molar-refractivity contribution in [1.82, 2.24) is 5.32 Å². The Morgan fingerprint density at radius 2 is 2.09 bits per heavy atom. The minimum Gasteiger partial charge on any atom is -0.484 e. The predicted octanol–water partition coefficient (Wildman–Crippen LogP) is 3.18. The van der Waals surface area contributed by atoms with E-state index in [1.807, 2.05) is 36.4 Å². The summed E-state index contributed by atoms with van der Waals surface area (Å²) in [5, 5.41) is 5.43. The zero-order valence-corrected chi connectivity index (χ0v) is 13.1. The molecule has 0 atom stereocenters. The fraction of sp³-hybridized carbons (Fsp3) is 0.176. The van der Waals surface area contributed by atoms with Gasteiger partial charge in [-0.3, -0.25) is 9.79 Å². The van der Waals surface area contributed by atoms with Crippen LogP contribution in [0.3, 0.4) is 0 Å². The number of amidine groups is 1. The van der Waals surface area contributed by atoms with Crippen LogP contribution in [0.15, 0.2) is 51.9 Å². The number of amides is 1. The lowest BCUT2D eigenvalue weighted by molar-refractivity contribution is -0.121. The molecule has 0 saturated carbocycles. The van der Waals surface area contributed by atoms with Gasteiger partial charge in [-0.05, 0) is 24.3 Å². The van der Waals surface area contributed by atoms with Crippen LogP contribution in [0.2, 0.25) is 0 Å². The van der Waals surface area contributed by atoms with Gasteiger partial charge in [0.05, 0.1) is 6.54 Å². The van der Waals surface area contributed by atoms with Gasteiger partial charge in [-0.1, -0.05) is 30.0 Å². The summed E-state index contributed by atoms with van der Waals surface area (Å²) in [6.07, 6.45) is 0. The maximum Gasteiger partial charge on any atom is 0.263 e. The second-order valence-corrected chi connectivity index (χ2v) is 6.21. The highest BCUT2D eigenvalue weighted by molar-refractivity contribution is 8.14. The second-order valence-electron chi connectivity index (χ2n) is 5.13. The molecule has 6 heteroatoms. The van der Waals surface area contributed by atoms with E-state index in [9.17, 15) is 4.79 Å².